The second-order valence-electron chi connectivity index (χ2n) is 16.9. The smallest absolute Gasteiger partial charge is 0.299 e. The van der Waals surface area contributed by atoms with Crippen molar-refractivity contribution in [3.05, 3.63) is 69.8 Å². The maximum absolute atomic E-state index is 14.0. The van der Waals surface area contributed by atoms with Gasteiger partial charge in [-0.25, -0.2) is 0 Å². The highest BCUT2D eigenvalue weighted by molar-refractivity contribution is 5.88. The Morgan fingerprint density at radius 1 is 0.370 bits per heavy atom. The number of hydrogen-bond acceptors (Lipinski definition) is 2. The van der Waals surface area contributed by atoms with E-state index in [1.807, 2.05) is 0 Å². The minimum Gasteiger partial charge on any atom is -0.299 e. The van der Waals surface area contributed by atoms with E-state index in [0.29, 0.717) is 51.4 Å². The van der Waals surface area contributed by atoms with Crippen LogP contribution < -0.4 is 0 Å². The van der Waals surface area contributed by atoms with E-state index < -0.39 is 70.6 Å². The van der Waals surface area contributed by atoms with Crippen LogP contribution in [0, 0.1) is 59.2 Å². The molecule has 6 aliphatic carbocycles. The van der Waals surface area contributed by atoms with E-state index in [1.54, 1.807) is 0 Å². The highest BCUT2D eigenvalue weighted by atomic mass is 19.4. The largest absolute Gasteiger partial charge is 0.416 e. The van der Waals surface area contributed by atoms with Gasteiger partial charge in [0.05, 0.1) is 22.3 Å². The highest BCUT2D eigenvalue weighted by Gasteiger charge is 2.63. The van der Waals surface area contributed by atoms with Crippen molar-refractivity contribution >= 4 is 11.6 Å². The van der Waals surface area contributed by atoms with Crippen molar-refractivity contribution in [1.82, 2.24) is 0 Å². The van der Waals surface area contributed by atoms with Crippen molar-refractivity contribution in [3.8, 4) is 0 Å². The van der Waals surface area contributed by atoms with Gasteiger partial charge < -0.3 is 0 Å². The zero-order valence-electron chi connectivity index (χ0n) is 28.8. The summed E-state index contributed by atoms with van der Waals surface area (Å²) in [4.78, 5) is 27.9. The van der Waals surface area contributed by atoms with Gasteiger partial charge >= 0.3 is 24.7 Å². The molecule has 14 heteroatoms. The summed E-state index contributed by atoms with van der Waals surface area (Å²) in [7, 11) is 0. The van der Waals surface area contributed by atoms with Crippen LogP contribution in [0.2, 0.25) is 0 Å². The number of carbonyl (C=O) groups excluding carboxylic acids is 2. The van der Waals surface area contributed by atoms with Gasteiger partial charge in [-0.3, -0.25) is 9.59 Å². The van der Waals surface area contributed by atoms with Crippen molar-refractivity contribution in [2.24, 2.45) is 59.2 Å². The maximum Gasteiger partial charge on any atom is 0.416 e. The molecule has 2 nitrogen and oxygen atoms in total. The quantitative estimate of drug-likeness (QED) is 0.285. The topological polar surface area (TPSA) is 34.1 Å². The zero-order valence-corrected chi connectivity index (χ0v) is 28.8. The molecule has 8 rings (SSSR count). The molecule has 0 aromatic heterocycles. The predicted molar refractivity (Wildman–Crippen MR) is 169 cm³/mol. The first-order valence-corrected chi connectivity index (χ1v) is 18.8. The Balaban J connectivity index is 1.01. The molecule has 0 saturated heterocycles. The highest BCUT2D eigenvalue weighted by Crippen LogP contribution is 2.66. The van der Waals surface area contributed by atoms with Gasteiger partial charge in [0.1, 0.15) is 11.6 Å². The van der Waals surface area contributed by atoms with Crippen LogP contribution in [0.4, 0.5) is 52.7 Å². The lowest BCUT2D eigenvalue weighted by atomic mass is 9.53. The molecule has 0 spiro atoms. The summed E-state index contributed by atoms with van der Waals surface area (Å²) >= 11 is 0. The minimum absolute atomic E-state index is 0.00761. The molecule has 54 heavy (non-hydrogen) atoms. The fourth-order valence-corrected chi connectivity index (χ4v) is 12.6. The van der Waals surface area contributed by atoms with Crippen LogP contribution in [0.25, 0.3) is 0 Å². The molecule has 12 atom stereocenters. The first-order chi connectivity index (χ1) is 25.1. The Hall–Kier alpha value is -3.06. The van der Waals surface area contributed by atoms with E-state index in [-0.39, 0.29) is 95.0 Å². The first-order valence-electron chi connectivity index (χ1n) is 18.8. The molecular weight excluding hydrogens is 740 g/mol. The maximum atomic E-state index is 14.0. The third-order valence-corrected chi connectivity index (χ3v) is 14.5. The summed E-state index contributed by atoms with van der Waals surface area (Å²) in [6, 6.07) is 3.31. The predicted octanol–water partition coefficient (Wildman–Crippen LogP) is 11.9. The molecule has 0 aliphatic heterocycles. The summed E-state index contributed by atoms with van der Waals surface area (Å²) in [5.41, 5.74) is -5.63. The van der Waals surface area contributed by atoms with Crippen LogP contribution >= 0.6 is 0 Å². The summed E-state index contributed by atoms with van der Waals surface area (Å²) < 4.78 is 164. The number of alkyl halides is 12. The Bertz CT molecular complexity index is 1630. The number of halogens is 12. The fourth-order valence-electron chi connectivity index (χ4n) is 12.6. The standard InChI is InChI=1S/C40H38F12O2/c41-37(42,43)21-9-19(10-22(15-21)38(44,45)46)17-1-3-27-31(13-17)35(53)29-7-6-26-25(33(27)29)5-8-30-34(26)28-4-2-18(14-32(28)36(30)54)20-11-23(39(47,48)49)16-24(12-20)40(50,51)52/h9-12,15-18,25-34H,1-8,13-14H2. The number of rotatable bonds is 2. The molecular formula is C40H38F12O2. The van der Waals surface area contributed by atoms with E-state index >= 15 is 0 Å². The van der Waals surface area contributed by atoms with E-state index in [2.05, 4.69) is 0 Å². The van der Waals surface area contributed by atoms with Crippen LogP contribution in [-0.2, 0) is 34.3 Å². The lowest BCUT2D eigenvalue weighted by Crippen LogP contribution is -2.46. The summed E-state index contributed by atoms with van der Waals surface area (Å²) in [6.45, 7) is 0. The molecule has 6 fully saturated rings. The second kappa shape index (κ2) is 12.7. The van der Waals surface area contributed by atoms with Crippen molar-refractivity contribution in [3.63, 3.8) is 0 Å². The number of Topliss-reactive ketones (excluding diaryl/α,β-unsaturated/α-hetero) is 2. The average molecular weight is 779 g/mol. The Morgan fingerprint density at radius 3 is 0.963 bits per heavy atom. The number of ketones is 2. The van der Waals surface area contributed by atoms with E-state index in [0.717, 1.165) is 24.3 Å². The normalized spacial score (nSPS) is 37.0. The Labute approximate surface area is 303 Å². The molecule has 0 bridgehead atoms. The number of carbonyl (C=O) groups is 2. The van der Waals surface area contributed by atoms with Gasteiger partial charge in [0.2, 0.25) is 0 Å². The van der Waals surface area contributed by atoms with Crippen molar-refractivity contribution in [1.29, 1.82) is 0 Å². The second-order valence-corrected chi connectivity index (χ2v) is 16.9. The molecule has 0 amide bonds. The molecule has 2 aromatic carbocycles. The molecule has 2 aromatic rings. The SMILES string of the molecule is O=C1C2CC(c3cc(C(F)(F)F)cc(C(F)(F)F)c3)CCC2C2C1CCC1C2CCC2C(=O)C3CC(c4cc(C(F)(F)F)cc(C(F)(F)F)c4)CCC3C21. The van der Waals surface area contributed by atoms with Crippen LogP contribution in [0.1, 0.15) is 109 Å². The van der Waals surface area contributed by atoms with E-state index in [1.165, 1.54) is 0 Å². The van der Waals surface area contributed by atoms with Gasteiger partial charge in [-0.2, -0.15) is 52.7 Å². The Morgan fingerprint density at radius 2 is 0.667 bits per heavy atom. The molecule has 0 N–H and O–H groups in total. The molecule has 294 valence electrons. The lowest BCUT2D eigenvalue weighted by molar-refractivity contribution is -0.144. The van der Waals surface area contributed by atoms with Crippen LogP contribution in [0.3, 0.4) is 0 Å². The van der Waals surface area contributed by atoms with Gasteiger partial charge in [0.25, 0.3) is 0 Å². The zero-order chi connectivity index (χ0) is 38.9. The minimum atomic E-state index is -4.98. The summed E-state index contributed by atoms with van der Waals surface area (Å²) in [6.07, 6.45) is -15.4. The molecule has 6 aliphatic rings. The van der Waals surface area contributed by atoms with E-state index in [9.17, 15) is 62.3 Å². The third kappa shape index (κ3) is 6.36. The van der Waals surface area contributed by atoms with Gasteiger partial charge in [-0.15, -0.1) is 0 Å². The van der Waals surface area contributed by atoms with Crippen molar-refractivity contribution in [2.75, 3.05) is 0 Å². The first kappa shape index (κ1) is 37.8. The lowest BCUT2D eigenvalue weighted by Gasteiger charge is -2.51. The van der Waals surface area contributed by atoms with Gasteiger partial charge in [0.15, 0.2) is 0 Å². The fraction of sp³-hybridized carbons (Fsp3) is 0.650. The summed E-state index contributed by atoms with van der Waals surface area (Å²) in [5.74, 6) is -2.67. The van der Waals surface area contributed by atoms with Gasteiger partial charge in [0, 0.05) is 23.7 Å². The van der Waals surface area contributed by atoms with Crippen LogP contribution in [-0.4, -0.2) is 11.6 Å². The number of fused-ring (bicyclic) bond motifs is 9. The van der Waals surface area contributed by atoms with Gasteiger partial charge in [-0.1, -0.05) is 0 Å². The number of hydrogen-bond donors (Lipinski definition) is 0. The monoisotopic (exact) mass is 778 g/mol. The molecule has 12 unspecified atom stereocenters. The van der Waals surface area contributed by atoms with E-state index in [4.69, 9.17) is 0 Å². The molecule has 0 heterocycles. The van der Waals surface area contributed by atoms with Crippen molar-refractivity contribution in [2.45, 2.75) is 101 Å². The number of benzene rings is 2. The summed E-state index contributed by atoms with van der Waals surface area (Å²) in [5, 5.41) is 0. The molecule has 0 radical (unpaired) electrons. The third-order valence-electron chi connectivity index (χ3n) is 14.5. The Kier molecular flexibility index (Phi) is 8.92. The van der Waals surface area contributed by atoms with Crippen LogP contribution in [0.15, 0.2) is 36.4 Å². The average Bonchev–Trinajstić information content (AvgIpc) is 3.56. The van der Waals surface area contributed by atoms with Crippen molar-refractivity contribution < 1.29 is 62.3 Å². The van der Waals surface area contributed by atoms with Crippen LogP contribution in [0.5, 0.6) is 0 Å². The molecule has 6 saturated carbocycles. The van der Waals surface area contributed by atoms with Gasteiger partial charge in [-0.05, 0) is 159 Å².